The second kappa shape index (κ2) is 5.11. The first-order valence-electron chi connectivity index (χ1n) is 5.76. The Morgan fingerprint density at radius 2 is 2.06 bits per heavy atom. The quantitative estimate of drug-likeness (QED) is 0.849. The molecule has 0 aliphatic heterocycles. The normalized spacial score (nSPS) is 12.1. The largest absolute Gasteiger partial charge is 0.485 e. The van der Waals surface area contributed by atoms with Crippen LogP contribution < -0.4 is 4.74 Å². The summed E-state index contributed by atoms with van der Waals surface area (Å²) < 4.78 is 7.59. The smallest absolute Gasteiger partial charge is 0.144 e. The molecule has 5 heteroatoms. The van der Waals surface area contributed by atoms with Gasteiger partial charge in [-0.05, 0) is 28.1 Å². The number of nitrogens with one attached hydrogen (secondary N) is 1. The van der Waals surface area contributed by atoms with Crippen LogP contribution in [0.5, 0.6) is 5.75 Å². The fraction of sp³-hybridized carbons (Fsp3) is 0.385. The molecule has 3 nitrogen and oxygen atoms in total. The molecule has 0 saturated carbocycles. The minimum Gasteiger partial charge on any atom is -0.485 e. The Morgan fingerprint density at radius 1 is 1.33 bits per heavy atom. The summed E-state index contributed by atoms with van der Waals surface area (Å²) in [5.41, 5.74) is 0.989. The lowest BCUT2D eigenvalue weighted by molar-refractivity contribution is -0.870. The molecule has 1 N–H and O–H groups in total. The Hall–Kier alpha value is -0.710. The van der Waals surface area contributed by atoms with E-state index in [2.05, 4.69) is 42.1 Å². The van der Waals surface area contributed by atoms with Crippen LogP contribution in [-0.4, -0.2) is 43.8 Å². The van der Waals surface area contributed by atoms with Crippen molar-refractivity contribution in [2.24, 2.45) is 0 Å². The van der Waals surface area contributed by atoms with Gasteiger partial charge in [-0.1, -0.05) is 11.6 Å². The Labute approximate surface area is 120 Å². The van der Waals surface area contributed by atoms with Crippen LogP contribution in [0.25, 0.3) is 10.9 Å². The third kappa shape index (κ3) is 3.19. The number of likely N-dealkylation sites (N-methyl/N-ethyl adjacent to an activating group) is 1. The Bertz CT molecular complexity index is 560. The fourth-order valence-corrected chi connectivity index (χ4v) is 2.15. The zero-order valence-corrected chi connectivity index (χ0v) is 13.1. The Morgan fingerprint density at radius 3 is 2.72 bits per heavy atom. The zero-order chi connectivity index (χ0) is 13.3. The van der Waals surface area contributed by atoms with Gasteiger partial charge in [0.2, 0.25) is 0 Å². The highest BCUT2D eigenvalue weighted by Crippen LogP contribution is 2.33. The van der Waals surface area contributed by atoms with E-state index in [0.29, 0.717) is 11.6 Å². The molecule has 0 unspecified atom stereocenters. The lowest BCUT2D eigenvalue weighted by Gasteiger charge is -2.23. The van der Waals surface area contributed by atoms with E-state index in [9.17, 15) is 0 Å². The number of hydrogen-bond donors (Lipinski definition) is 1. The number of quaternary nitrogens is 1. The predicted molar refractivity (Wildman–Crippen MR) is 79.4 cm³/mol. The lowest BCUT2D eigenvalue weighted by Crippen LogP contribution is -2.38. The summed E-state index contributed by atoms with van der Waals surface area (Å²) in [5.74, 6) is 0.871. The molecule has 0 amide bonds. The highest BCUT2D eigenvalue weighted by atomic mass is 79.9. The standard InChI is InChI=1S/C13H17BrClN2O/c1-17(2,3)4-5-18-13-8-16-12-7-11(15)10(14)6-9(12)13/h6-8,16H,4-5H2,1-3H3/q+1. The molecule has 1 heterocycles. The van der Waals surface area contributed by atoms with Crippen molar-refractivity contribution in [3.8, 4) is 5.75 Å². The zero-order valence-electron chi connectivity index (χ0n) is 10.8. The van der Waals surface area contributed by atoms with Gasteiger partial charge in [-0.25, -0.2) is 0 Å². The maximum Gasteiger partial charge on any atom is 0.144 e. The highest BCUT2D eigenvalue weighted by molar-refractivity contribution is 9.10. The number of hydrogen-bond acceptors (Lipinski definition) is 1. The molecule has 2 rings (SSSR count). The van der Waals surface area contributed by atoms with Gasteiger partial charge in [-0.3, -0.25) is 0 Å². The summed E-state index contributed by atoms with van der Waals surface area (Å²) >= 11 is 9.48. The summed E-state index contributed by atoms with van der Waals surface area (Å²) in [7, 11) is 6.44. The molecular weight excluding hydrogens is 316 g/mol. The SMILES string of the molecule is C[N+](C)(C)CCOc1c[nH]c2cc(Cl)c(Br)cc12. The van der Waals surface area contributed by atoms with Crippen molar-refractivity contribution in [3.05, 3.63) is 27.8 Å². The molecule has 0 atom stereocenters. The molecule has 0 fully saturated rings. The molecule has 1 aromatic heterocycles. The topological polar surface area (TPSA) is 25.0 Å². The average Bonchev–Trinajstić information content (AvgIpc) is 2.60. The summed E-state index contributed by atoms with van der Waals surface area (Å²) in [5, 5.41) is 1.75. The average molecular weight is 333 g/mol. The highest BCUT2D eigenvalue weighted by Gasteiger charge is 2.10. The van der Waals surface area contributed by atoms with E-state index in [4.69, 9.17) is 16.3 Å². The molecule has 0 radical (unpaired) electrons. The van der Waals surface area contributed by atoms with E-state index in [0.717, 1.165) is 32.2 Å². The molecule has 1 aromatic carbocycles. The maximum absolute atomic E-state index is 6.05. The van der Waals surface area contributed by atoms with Gasteiger partial charge >= 0.3 is 0 Å². The van der Waals surface area contributed by atoms with Crippen molar-refractivity contribution in [3.63, 3.8) is 0 Å². The third-order valence-corrected chi connectivity index (χ3v) is 3.90. The minimum atomic E-state index is 0.691. The summed E-state index contributed by atoms with van der Waals surface area (Å²) in [6.45, 7) is 1.65. The Balaban J connectivity index is 2.17. The summed E-state index contributed by atoms with van der Waals surface area (Å²) in [4.78, 5) is 3.17. The number of H-pyrrole nitrogens is 1. The van der Waals surface area contributed by atoms with E-state index >= 15 is 0 Å². The molecule has 2 aromatic rings. The molecular formula is C13H17BrClN2O+. The Kier molecular flexibility index (Phi) is 3.90. The van der Waals surface area contributed by atoms with Crippen LogP contribution in [0.1, 0.15) is 0 Å². The van der Waals surface area contributed by atoms with E-state index in [1.807, 2.05) is 18.3 Å². The van der Waals surface area contributed by atoms with Gasteiger partial charge < -0.3 is 14.2 Å². The summed E-state index contributed by atoms with van der Waals surface area (Å²) in [6, 6.07) is 3.88. The molecule has 0 bridgehead atoms. The van der Waals surface area contributed by atoms with Crippen LogP contribution in [0.2, 0.25) is 5.02 Å². The van der Waals surface area contributed by atoms with Crippen LogP contribution in [0, 0.1) is 0 Å². The number of aromatic nitrogens is 1. The first-order valence-corrected chi connectivity index (χ1v) is 6.93. The van der Waals surface area contributed by atoms with Crippen molar-refractivity contribution in [2.75, 3.05) is 34.3 Å². The van der Waals surface area contributed by atoms with Gasteiger partial charge in [0, 0.05) is 16.1 Å². The van der Waals surface area contributed by atoms with E-state index in [1.54, 1.807) is 0 Å². The molecule has 18 heavy (non-hydrogen) atoms. The first kappa shape index (κ1) is 13.7. The first-order chi connectivity index (χ1) is 8.37. The molecule has 0 spiro atoms. The van der Waals surface area contributed by atoms with Gasteiger partial charge in [0.1, 0.15) is 18.9 Å². The molecule has 98 valence electrons. The monoisotopic (exact) mass is 331 g/mol. The maximum atomic E-state index is 6.05. The van der Waals surface area contributed by atoms with Crippen LogP contribution in [-0.2, 0) is 0 Å². The van der Waals surface area contributed by atoms with Gasteiger partial charge in [0.05, 0.1) is 31.7 Å². The third-order valence-electron chi connectivity index (χ3n) is 2.70. The van der Waals surface area contributed by atoms with E-state index in [-0.39, 0.29) is 0 Å². The minimum absolute atomic E-state index is 0.691. The number of benzene rings is 1. The number of halogens is 2. The van der Waals surface area contributed by atoms with Crippen molar-refractivity contribution in [2.45, 2.75) is 0 Å². The van der Waals surface area contributed by atoms with E-state index in [1.165, 1.54) is 0 Å². The van der Waals surface area contributed by atoms with Gasteiger partial charge in [0.15, 0.2) is 0 Å². The molecule has 0 aliphatic carbocycles. The van der Waals surface area contributed by atoms with E-state index < -0.39 is 0 Å². The number of aromatic amines is 1. The van der Waals surface area contributed by atoms with Crippen molar-refractivity contribution < 1.29 is 9.22 Å². The van der Waals surface area contributed by atoms with Crippen LogP contribution in [0.4, 0.5) is 0 Å². The van der Waals surface area contributed by atoms with Crippen molar-refractivity contribution in [1.29, 1.82) is 0 Å². The van der Waals surface area contributed by atoms with Crippen molar-refractivity contribution >= 4 is 38.4 Å². The van der Waals surface area contributed by atoms with Gasteiger partial charge in [-0.15, -0.1) is 0 Å². The number of nitrogens with zero attached hydrogens (tertiary/aromatic N) is 1. The summed E-state index contributed by atoms with van der Waals surface area (Å²) in [6.07, 6.45) is 1.88. The number of rotatable bonds is 4. The second-order valence-electron chi connectivity index (χ2n) is 5.33. The van der Waals surface area contributed by atoms with Crippen molar-refractivity contribution in [1.82, 2.24) is 4.98 Å². The number of ether oxygens (including phenoxy) is 1. The molecule has 0 aliphatic rings. The van der Waals surface area contributed by atoms with Gasteiger partial charge in [-0.2, -0.15) is 0 Å². The lowest BCUT2D eigenvalue weighted by atomic mass is 10.2. The predicted octanol–water partition coefficient (Wildman–Crippen LogP) is 3.67. The number of fused-ring (bicyclic) bond motifs is 1. The van der Waals surface area contributed by atoms with Crippen LogP contribution in [0.15, 0.2) is 22.8 Å². The second-order valence-corrected chi connectivity index (χ2v) is 6.59. The van der Waals surface area contributed by atoms with Crippen LogP contribution in [0.3, 0.4) is 0 Å². The fourth-order valence-electron chi connectivity index (χ4n) is 1.64. The van der Waals surface area contributed by atoms with Gasteiger partial charge in [0.25, 0.3) is 0 Å². The molecule has 0 saturated heterocycles. The van der Waals surface area contributed by atoms with Crippen LogP contribution >= 0.6 is 27.5 Å².